The predicted molar refractivity (Wildman–Crippen MR) is 85.7 cm³/mol. The van der Waals surface area contributed by atoms with E-state index < -0.39 is 16.0 Å². The fourth-order valence-electron chi connectivity index (χ4n) is 2.48. The monoisotopic (exact) mass is 348 g/mol. The van der Waals surface area contributed by atoms with Crippen LogP contribution in [0.2, 0.25) is 0 Å². The molecular formula is C14H21ClN2O4S. The van der Waals surface area contributed by atoms with Crippen molar-refractivity contribution in [2.45, 2.75) is 30.7 Å². The fraction of sp³-hybridized carbons (Fsp3) is 0.500. The Morgan fingerprint density at radius 2 is 2.09 bits per heavy atom. The van der Waals surface area contributed by atoms with E-state index in [0.717, 1.165) is 12.8 Å². The highest BCUT2D eigenvalue weighted by Gasteiger charge is 2.29. The zero-order valence-electron chi connectivity index (χ0n) is 12.6. The summed E-state index contributed by atoms with van der Waals surface area (Å²) in [5.41, 5.74) is 6.79. The third-order valence-corrected chi connectivity index (χ3v) is 5.52. The van der Waals surface area contributed by atoms with E-state index in [1.807, 2.05) is 0 Å². The van der Waals surface area contributed by atoms with Crippen molar-refractivity contribution >= 4 is 28.4 Å². The molecule has 1 aliphatic rings. The molecule has 2 N–H and O–H groups in total. The molecule has 1 atom stereocenters. The van der Waals surface area contributed by atoms with Gasteiger partial charge in [-0.2, -0.15) is 4.31 Å². The molecule has 1 aliphatic heterocycles. The number of piperidine rings is 1. The van der Waals surface area contributed by atoms with Crippen molar-refractivity contribution in [1.82, 2.24) is 4.31 Å². The molecule has 0 amide bonds. The molecule has 0 radical (unpaired) electrons. The summed E-state index contributed by atoms with van der Waals surface area (Å²) in [5.74, 6) is -0.476. The van der Waals surface area contributed by atoms with E-state index in [1.165, 1.54) is 29.6 Å². The first-order chi connectivity index (χ1) is 9.86. The lowest BCUT2D eigenvalue weighted by molar-refractivity contribution is 0.0600. The summed E-state index contributed by atoms with van der Waals surface area (Å²) in [4.78, 5) is 11.7. The number of nitrogens with zero attached hydrogens (tertiary/aromatic N) is 1. The summed E-state index contributed by atoms with van der Waals surface area (Å²) in [7, 11) is -2.27. The summed E-state index contributed by atoms with van der Waals surface area (Å²) in [6, 6.07) is 4.30. The highest BCUT2D eigenvalue weighted by Crippen LogP contribution is 2.22. The third-order valence-electron chi connectivity index (χ3n) is 3.66. The van der Waals surface area contributed by atoms with Crippen LogP contribution in [-0.4, -0.2) is 44.9 Å². The second-order valence-corrected chi connectivity index (χ2v) is 7.17. The van der Waals surface area contributed by atoms with Gasteiger partial charge in [-0.3, -0.25) is 0 Å². The maximum Gasteiger partial charge on any atom is 0.338 e. The SMILES string of the molecule is COC(=O)c1ccc(S(=O)(=O)N2CCCC(N)C2)cc1C.Cl. The van der Waals surface area contributed by atoms with Crippen LogP contribution in [0.25, 0.3) is 0 Å². The topological polar surface area (TPSA) is 89.7 Å². The van der Waals surface area contributed by atoms with Gasteiger partial charge < -0.3 is 10.5 Å². The molecule has 22 heavy (non-hydrogen) atoms. The third kappa shape index (κ3) is 3.78. The molecule has 0 spiro atoms. The van der Waals surface area contributed by atoms with Crippen molar-refractivity contribution in [2.24, 2.45) is 5.73 Å². The van der Waals surface area contributed by atoms with Gasteiger partial charge in [0.25, 0.3) is 0 Å². The van der Waals surface area contributed by atoms with E-state index in [2.05, 4.69) is 4.74 Å². The maximum atomic E-state index is 12.6. The van der Waals surface area contributed by atoms with Crippen LogP contribution >= 0.6 is 12.4 Å². The fourth-order valence-corrected chi connectivity index (χ4v) is 4.10. The summed E-state index contributed by atoms with van der Waals surface area (Å²) in [6.07, 6.45) is 1.60. The van der Waals surface area contributed by atoms with Gasteiger partial charge in [0, 0.05) is 19.1 Å². The lowest BCUT2D eigenvalue weighted by atomic mass is 10.1. The highest BCUT2D eigenvalue weighted by molar-refractivity contribution is 7.89. The lowest BCUT2D eigenvalue weighted by Gasteiger charge is -2.30. The Morgan fingerprint density at radius 3 is 2.64 bits per heavy atom. The maximum absolute atomic E-state index is 12.6. The number of benzene rings is 1. The van der Waals surface area contributed by atoms with Crippen LogP contribution in [0.3, 0.4) is 0 Å². The number of halogens is 1. The number of ether oxygens (including phenoxy) is 1. The van der Waals surface area contributed by atoms with Crippen molar-refractivity contribution in [1.29, 1.82) is 0 Å². The largest absolute Gasteiger partial charge is 0.465 e. The summed E-state index contributed by atoms with van der Waals surface area (Å²) in [5, 5.41) is 0. The van der Waals surface area contributed by atoms with Gasteiger partial charge in [-0.1, -0.05) is 0 Å². The van der Waals surface area contributed by atoms with Crippen LogP contribution in [0.5, 0.6) is 0 Å². The van der Waals surface area contributed by atoms with Crippen molar-refractivity contribution in [2.75, 3.05) is 20.2 Å². The molecule has 0 bridgehead atoms. The molecule has 1 fully saturated rings. The Kier molecular flexibility index (Phi) is 6.37. The number of carbonyl (C=O) groups excluding carboxylic acids is 1. The number of methoxy groups -OCH3 is 1. The molecule has 124 valence electrons. The minimum atomic E-state index is -3.57. The van der Waals surface area contributed by atoms with Gasteiger partial charge >= 0.3 is 5.97 Å². The summed E-state index contributed by atoms with van der Waals surface area (Å²) in [6.45, 7) is 2.50. The Balaban J connectivity index is 0.00000242. The van der Waals surface area contributed by atoms with Crippen LogP contribution < -0.4 is 5.73 Å². The van der Waals surface area contributed by atoms with E-state index in [0.29, 0.717) is 24.2 Å². The Hall–Kier alpha value is -1.15. The van der Waals surface area contributed by atoms with Gasteiger partial charge in [0.15, 0.2) is 0 Å². The van der Waals surface area contributed by atoms with E-state index in [-0.39, 0.29) is 23.3 Å². The average Bonchev–Trinajstić information content (AvgIpc) is 2.46. The predicted octanol–water partition coefficient (Wildman–Crippen LogP) is 1.32. The number of esters is 1. The molecule has 1 aromatic carbocycles. The second-order valence-electron chi connectivity index (χ2n) is 5.23. The van der Waals surface area contributed by atoms with Gasteiger partial charge in [0.05, 0.1) is 17.6 Å². The number of hydrogen-bond acceptors (Lipinski definition) is 5. The zero-order chi connectivity index (χ0) is 15.6. The van der Waals surface area contributed by atoms with Gasteiger partial charge in [-0.05, 0) is 43.5 Å². The first kappa shape index (κ1) is 18.9. The summed E-state index contributed by atoms with van der Waals surface area (Å²) < 4.78 is 31.2. The first-order valence-corrected chi connectivity index (χ1v) is 8.25. The Bertz CT molecular complexity index is 648. The number of rotatable bonds is 3. The molecule has 0 aliphatic carbocycles. The van der Waals surface area contributed by atoms with Crippen molar-refractivity contribution in [3.8, 4) is 0 Å². The second kappa shape index (κ2) is 7.41. The van der Waals surface area contributed by atoms with Gasteiger partial charge in [0.2, 0.25) is 10.0 Å². The highest BCUT2D eigenvalue weighted by atomic mass is 35.5. The molecule has 1 heterocycles. The molecule has 8 heteroatoms. The molecule has 1 saturated heterocycles. The molecule has 0 saturated carbocycles. The van der Waals surface area contributed by atoms with Crippen LogP contribution in [-0.2, 0) is 14.8 Å². The normalized spacial score (nSPS) is 19.3. The van der Waals surface area contributed by atoms with E-state index >= 15 is 0 Å². The standard InChI is InChI=1S/C14H20N2O4S.ClH/c1-10-8-12(5-6-13(10)14(17)20-2)21(18,19)16-7-3-4-11(15)9-16;/h5-6,8,11H,3-4,7,9,15H2,1-2H3;1H. The Morgan fingerprint density at radius 1 is 1.41 bits per heavy atom. The van der Waals surface area contributed by atoms with Crippen molar-refractivity contribution in [3.63, 3.8) is 0 Å². The minimum absolute atomic E-state index is 0. The van der Waals surface area contributed by atoms with Crippen LogP contribution in [0, 0.1) is 6.92 Å². The quantitative estimate of drug-likeness (QED) is 0.832. The van der Waals surface area contributed by atoms with Gasteiger partial charge in [-0.15, -0.1) is 12.4 Å². The average molecular weight is 349 g/mol. The number of hydrogen-bond donors (Lipinski definition) is 1. The van der Waals surface area contributed by atoms with Gasteiger partial charge in [-0.25, -0.2) is 13.2 Å². The van der Waals surface area contributed by atoms with Crippen molar-refractivity contribution in [3.05, 3.63) is 29.3 Å². The molecule has 1 aromatic rings. The number of nitrogens with two attached hydrogens (primary N) is 1. The lowest BCUT2D eigenvalue weighted by Crippen LogP contribution is -2.45. The van der Waals surface area contributed by atoms with Crippen LogP contribution in [0.15, 0.2) is 23.1 Å². The number of aryl methyl sites for hydroxylation is 1. The van der Waals surface area contributed by atoms with Crippen LogP contribution in [0.4, 0.5) is 0 Å². The number of sulfonamides is 1. The van der Waals surface area contributed by atoms with Crippen molar-refractivity contribution < 1.29 is 17.9 Å². The van der Waals surface area contributed by atoms with E-state index in [4.69, 9.17) is 5.73 Å². The molecule has 1 unspecified atom stereocenters. The molecule has 0 aromatic heterocycles. The number of carbonyl (C=O) groups is 1. The zero-order valence-corrected chi connectivity index (χ0v) is 14.2. The molecule has 2 rings (SSSR count). The van der Waals surface area contributed by atoms with E-state index in [1.54, 1.807) is 6.92 Å². The Labute approximate surface area is 137 Å². The van der Waals surface area contributed by atoms with Crippen LogP contribution in [0.1, 0.15) is 28.8 Å². The smallest absolute Gasteiger partial charge is 0.338 e. The minimum Gasteiger partial charge on any atom is -0.465 e. The molecular weight excluding hydrogens is 328 g/mol. The van der Waals surface area contributed by atoms with Gasteiger partial charge in [0.1, 0.15) is 0 Å². The van der Waals surface area contributed by atoms with E-state index in [9.17, 15) is 13.2 Å². The molecule has 6 nitrogen and oxygen atoms in total. The summed E-state index contributed by atoms with van der Waals surface area (Å²) >= 11 is 0. The first-order valence-electron chi connectivity index (χ1n) is 6.81.